The third-order valence-corrected chi connectivity index (χ3v) is 5.19. The molecule has 0 aliphatic heterocycles. The van der Waals surface area contributed by atoms with Gasteiger partial charge in [-0.25, -0.2) is 4.39 Å². The van der Waals surface area contributed by atoms with E-state index in [1.165, 1.54) is 11.6 Å². The zero-order chi connectivity index (χ0) is 14.5. The van der Waals surface area contributed by atoms with Crippen LogP contribution in [0.4, 0.5) is 4.39 Å². The summed E-state index contributed by atoms with van der Waals surface area (Å²) in [6.45, 7) is 0. The van der Waals surface area contributed by atoms with Crippen LogP contribution in [0.3, 0.4) is 0 Å². The van der Waals surface area contributed by atoms with Crippen LogP contribution >= 0.6 is 43.5 Å². The maximum Gasteiger partial charge on any atom is 0.142 e. The minimum Gasteiger partial charge on any atom is -0.205 e. The van der Waals surface area contributed by atoms with Gasteiger partial charge in [-0.1, -0.05) is 67.7 Å². The van der Waals surface area contributed by atoms with Crippen molar-refractivity contribution in [2.24, 2.45) is 5.92 Å². The lowest BCUT2D eigenvalue weighted by atomic mass is 9.94. The first-order chi connectivity index (χ1) is 9.60. The van der Waals surface area contributed by atoms with Crippen molar-refractivity contribution in [3.63, 3.8) is 0 Å². The van der Waals surface area contributed by atoms with Crippen molar-refractivity contribution >= 4 is 43.5 Å². The average Bonchev–Trinajstić information content (AvgIpc) is 2.44. The first-order valence-electron chi connectivity index (χ1n) is 6.33. The van der Waals surface area contributed by atoms with Gasteiger partial charge in [0.2, 0.25) is 0 Å². The summed E-state index contributed by atoms with van der Waals surface area (Å²) in [5.41, 5.74) is 2.25. The molecule has 1 unspecified atom stereocenters. The summed E-state index contributed by atoms with van der Waals surface area (Å²) in [5.74, 6) is 0.0626. The van der Waals surface area contributed by atoms with E-state index >= 15 is 0 Å². The number of hydrogen-bond donors (Lipinski definition) is 0. The van der Waals surface area contributed by atoms with Crippen LogP contribution in [-0.2, 0) is 12.8 Å². The van der Waals surface area contributed by atoms with E-state index in [1.807, 2.05) is 24.3 Å². The summed E-state index contributed by atoms with van der Waals surface area (Å²) < 4.78 is 14.6. The fourth-order valence-electron chi connectivity index (χ4n) is 2.16. The van der Waals surface area contributed by atoms with Gasteiger partial charge in [0.05, 0.1) is 5.02 Å². The Morgan fingerprint density at radius 3 is 2.50 bits per heavy atom. The van der Waals surface area contributed by atoms with E-state index in [-0.39, 0.29) is 10.8 Å². The van der Waals surface area contributed by atoms with E-state index in [4.69, 9.17) is 11.6 Å². The van der Waals surface area contributed by atoms with Gasteiger partial charge in [-0.05, 0) is 48.1 Å². The maximum absolute atomic E-state index is 13.5. The molecule has 2 rings (SSSR count). The summed E-state index contributed by atoms with van der Waals surface area (Å²) in [6.07, 6.45) is 1.76. The van der Waals surface area contributed by atoms with E-state index in [0.717, 1.165) is 28.2 Å². The Hall–Kier alpha value is -0.380. The molecular formula is C16H14Br2ClF. The van der Waals surface area contributed by atoms with Crippen LogP contribution in [0.1, 0.15) is 11.1 Å². The molecule has 2 aromatic carbocycles. The molecule has 1 atom stereocenters. The normalized spacial score (nSPS) is 12.4. The summed E-state index contributed by atoms with van der Waals surface area (Å²) in [7, 11) is 0. The summed E-state index contributed by atoms with van der Waals surface area (Å²) in [6, 6.07) is 13.2. The number of halogens is 4. The molecule has 0 radical (unpaired) electrons. The standard InChI is InChI=1S/C16H14Br2ClF/c17-10-12(8-13-3-1-2-4-14(13)18)7-11-5-6-15(19)16(20)9-11/h1-6,9,12H,7-8,10H2. The van der Waals surface area contributed by atoms with Crippen molar-refractivity contribution in [2.75, 3.05) is 5.33 Å². The lowest BCUT2D eigenvalue weighted by molar-refractivity contribution is 0.581. The zero-order valence-corrected chi connectivity index (χ0v) is 14.7. The molecule has 0 bridgehead atoms. The first kappa shape index (κ1) is 16.0. The topological polar surface area (TPSA) is 0 Å². The van der Waals surface area contributed by atoms with Gasteiger partial charge in [-0.15, -0.1) is 0 Å². The van der Waals surface area contributed by atoms with Gasteiger partial charge < -0.3 is 0 Å². The van der Waals surface area contributed by atoms with Crippen LogP contribution in [0.15, 0.2) is 46.9 Å². The Morgan fingerprint density at radius 1 is 1.10 bits per heavy atom. The van der Waals surface area contributed by atoms with Crippen LogP contribution in [0.5, 0.6) is 0 Å². The number of benzene rings is 2. The van der Waals surface area contributed by atoms with Gasteiger partial charge in [0.1, 0.15) is 5.82 Å². The lowest BCUT2D eigenvalue weighted by Gasteiger charge is -2.15. The van der Waals surface area contributed by atoms with E-state index in [9.17, 15) is 4.39 Å². The van der Waals surface area contributed by atoms with Crippen LogP contribution in [-0.4, -0.2) is 5.33 Å². The Bertz CT molecular complexity index is 586. The second-order valence-corrected chi connectivity index (χ2v) is 6.68. The molecule has 0 N–H and O–H groups in total. The Labute approximate surface area is 140 Å². The summed E-state index contributed by atoms with van der Waals surface area (Å²) in [5, 5.41) is 1.05. The molecular weight excluding hydrogens is 406 g/mol. The highest BCUT2D eigenvalue weighted by Gasteiger charge is 2.12. The molecule has 0 heterocycles. The largest absolute Gasteiger partial charge is 0.205 e. The second-order valence-electron chi connectivity index (χ2n) is 4.77. The van der Waals surface area contributed by atoms with E-state index in [2.05, 4.69) is 37.9 Å². The summed E-state index contributed by atoms with van der Waals surface area (Å²) in [4.78, 5) is 0. The smallest absolute Gasteiger partial charge is 0.142 e. The molecule has 106 valence electrons. The van der Waals surface area contributed by atoms with Crippen LogP contribution in [0.2, 0.25) is 5.02 Å². The quantitative estimate of drug-likeness (QED) is 0.518. The molecule has 0 spiro atoms. The fourth-order valence-corrected chi connectivity index (χ4v) is 3.18. The highest BCUT2D eigenvalue weighted by molar-refractivity contribution is 9.10. The van der Waals surface area contributed by atoms with E-state index in [0.29, 0.717) is 5.92 Å². The molecule has 0 saturated carbocycles. The monoisotopic (exact) mass is 418 g/mol. The molecule has 0 aliphatic rings. The fraction of sp³-hybridized carbons (Fsp3) is 0.250. The Kier molecular flexibility index (Phi) is 6.06. The van der Waals surface area contributed by atoms with E-state index < -0.39 is 0 Å². The van der Waals surface area contributed by atoms with Crippen LogP contribution in [0, 0.1) is 11.7 Å². The molecule has 0 nitrogen and oxygen atoms in total. The predicted molar refractivity (Wildman–Crippen MR) is 90.2 cm³/mol. The predicted octanol–water partition coefficient (Wildman–Crippen LogP) is 6.04. The van der Waals surface area contributed by atoms with Crippen molar-refractivity contribution in [1.29, 1.82) is 0 Å². The molecule has 2 aromatic rings. The van der Waals surface area contributed by atoms with Crippen molar-refractivity contribution in [1.82, 2.24) is 0 Å². The zero-order valence-electron chi connectivity index (χ0n) is 10.8. The average molecular weight is 421 g/mol. The number of hydrogen-bond acceptors (Lipinski definition) is 0. The minimum absolute atomic E-state index is 0.176. The maximum atomic E-state index is 13.5. The lowest BCUT2D eigenvalue weighted by Crippen LogP contribution is -2.10. The number of rotatable bonds is 5. The van der Waals surface area contributed by atoms with Crippen molar-refractivity contribution in [3.05, 3.63) is 68.9 Å². The highest BCUT2D eigenvalue weighted by Crippen LogP contribution is 2.24. The van der Waals surface area contributed by atoms with Gasteiger partial charge in [-0.3, -0.25) is 0 Å². The molecule has 0 aromatic heterocycles. The molecule has 4 heteroatoms. The first-order valence-corrected chi connectivity index (χ1v) is 8.62. The Balaban J connectivity index is 2.09. The van der Waals surface area contributed by atoms with Gasteiger partial charge in [0, 0.05) is 9.80 Å². The summed E-state index contributed by atoms with van der Waals surface area (Å²) >= 11 is 12.8. The number of alkyl halides is 1. The highest BCUT2D eigenvalue weighted by atomic mass is 79.9. The minimum atomic E-state index is -0.349. The van der Waals surface area contributed by atoms with Crippen molar-refractivity contribution < 1.29 is 4.39 Å². The molecule has 20 heavy (non-hydrogen) atoms. The van der Waals surface area contributed by atoms with Crippen LogP contribution in [0.25, 0.3) is 0 Å². The third-order valence-electron chi connectivity index (χ3n) is 3.19. The Morgan fingerprint density at radius 2 is 1.85 bits per heavy atom. The van der Waals surface area contributed by atoms with Crippen LogP contribution < -0.4 is 0 Å². The van der Waals surface area contributed by atoms with Gasteiger partial charge >= 0.3 is 0 Å². The molecule has 0 amide bonds. The molecule has 0 saturated heterocycles. The molecule has 0 fully saturated rings. The molecule has 0 aliphatic carbocycles. The van der Waals surface area contributed by atoms with Gasteiger partial charge in [-0.2, -0.15) is 0 Å². The van der Waals surface area contributed by atoms with Crippen molar-refractivity contribution in [2.45, 2.75) is 12.8 Å². The van der Waals surface area contributed by atoms with Gasteiger partial charge in [0.25, 0.3) is 0 Å². The van der Waals surface area contributed by atoms with Crippen molar-refractivity contribution in [3.8, 4) is 0 Å². The van der Waals surface area contributed by atoms with E-state index in [1.54, 1.807) is 6.07 Å². The third kappa shape index (κ3) is 4.31. The second kappa shape index (κ2) is 7.58. The SMILES string of the molecule is Fc1cc(CC(CBr)Cc2ccccc2Br)ccc1Cl. The van der Waals surface area contributed by atoms with Gasteiger partial charge in [0.15, 0.2) is 0 Å².